The molecular weight excluding hydrogens is 288 g/mol. The molecule has 0 spiro atoms. The van der Waals surface area contributed by atoms with Gasteiger partial charge in [0, 0.05) is 26.1 Å². The average molecular weight is 308 g/mol. The van der Waals surface area contributed by atoms with Crippen LogP contribution in [0.25, 0.3) is 11.0 Å². The smallest absolute Gasteiger partial charge is 0.229 e. The third-order valence-corrected chi connectivity index (χ3v) is 4.58. The molecule has 3 aromatic rings. The summed E-state index contributed by atoms with van der Waals surface area (Å²) in [6.45, 7) is 1.89. The van der Waals surface area contributed by atoms with E-state index >= 15 is 0 Å². The van der Waals surface area contributed by atoms with Crippen molar-refractivity contribution in [3.63, 3.8) is 0 Å². The van der Waals surface area contributed by atoms with E-state index in [-0.39, 0.29) is 0 Å². The van der Waals surface area contributed by atoms with Crippen LogP contribution in [0.2, 0.25) is 0 Å². The predicted octanol–water partition coefficient (Wildman–Crippen LogP) is 2.33. The van der Waals surface area contributed by atoms with Gasteiger partial charge in [0.05, 0.1) is 11.6 Å². The molecule has 6 nitrogen and oxygen atoms in total. The Kier molecular flexibility index (Phi) is 3.37. The van der Waals surface area contributed by atoms with Crippen LogP contribution in [0.5, 0.6) is 0 Å². The van der Waals surface area contributed by atoms with Gasteiger partial charge in [0.2, 0.25) is 5.95 Å². The lowest BCUT2D eigenvalue weighted by Crippen LogP contribution is -2.35. The van der Waals surface area contributed by atoms with Gasteiger partial charge >= 0.3 is 0 Å². The Bertz CT molecular complexity index is 826. The molecule has 2 N–H and O–H groups in total. The molecule has 0 saturated carbocycles. The first-order chi connectivity index (χ1) is 11.2. The zero-order valence-corrected chi connectivity index (χ0v) is 13.2. The summed E-state index contributed by atoms with van der Waals surface area (Å²) < 4.78 is 1.75. The van der Waals surface area contributed by atoms with Gasteiger partial charge < -0.3 is 10.6 Å². The van der Waals surface area contributed by atoms with Crippen molar-refractivity contribution >= 4 is 22.8 Å². The molecule has 1 saturated heterocycles. The topological polar surface area (TPSA) is 72.9 Å². The number of fused-ring (bicyclic) bond motifs is 1. The number of benzene rings is 1. The molecule has 3 heterocycles. The molecule has 1 aliphatic rings. The maximum absolute atomic E-state index is 6.09. The highest BCUT2D eigenvalue weighted by Gasteiger charge is 2.24. The standard InChI is InChI=1S/C17H20N6/c1-22-16-14(10-19-22)15(18)20-17(21-16)23-9-5-8-13(11-23)12-6-3-2-4-7-12/h2-4,6-7,10,13H,5,8-9,11H2,1H3,(H2,18,20,21). The quantitative estimate of drug-likeness (QED) is 0.786. The summed E-state index contributed by atoms with van der Waals surface area (Å²) in [7, 11) is 1.88. The number of nitrogens with zero attached hydrogens (tertiary/aromatic N) is 5. The Balaban J connectivity index is 1.66. The third-order valence-electron chi connectivity index (χ3n) is 4.58. The second-order valence-corrected chi connectivity index (χ2v) is 6.11. The van der Waals surface area contributed by atoms with Crippen molar-refractivity contribution in [3.8, 4) is 0 Å². The molecule has 0 bridgehead atoms. The molecule has 1 fully saturated rings. The number of piperidine rings is 1. The lowest BCUT2D eigenvalue weighted by molar-refractivity contribution is 0.504. The van der Waals surface area contributed by atoms with Crippen molar-refractivity contribution in [2.45, 2.75) is 18.8 Å². The molecule has 0 aliphatic carbocycles. The summed E-state index contributed by atoms with van der Waals surface area (Å²) in [5, 5.41) is 5.03. The average Bonchev–Trinajstić information content (AvgIpc) is 2.98. The van der Waals surface area contributed by atoms with Gasteiger partial charge in [-0.2, -0.15) is 15.1 Å². The summed E-state index contributed by atoms with van der Waals surface area (Å²) in [6, 6.07) is 10.7. The van der Waals surface area contributed by atoms with Crippen LogP contribution < -0.4 is 10.6 Å². The largest absolute Gasteiger partial charge is 0.383 e. The molecule has 2 aromatic heterocycles. The van der Waals surface area contributed by atoms with Gasteiger partial charge in [-0.1, -0.05) is 30.3 Å². The Morgan fingerprint density at radius 3 is 2.83 bits per heavy atom. The van der Waals surface area contributed by atoms with E-state index in [1.54, 1.807) is 10.9 Å². The van der Waals surface area contributed by atoms with Crippen LogP contribution in [-0.4, -0.2) is 32.8 Å². The normalized spacial score (nSPS) is 18.5. The second-order valence-electron chi connectivity index (χ2n) is 6.11. The number of hydrogen-bond acceptors (Lipinski definition) is 5. The van der Waals surface area contributed by atoms with Gasteiger partial charge in [0.15, 0.2) is 5.65 Å². The number of aryl methyl sites for hydroxylation is 1. The number of aromatic nitrogens is 4. The summed E-state index contributed by atoms with van der Waals surface area (Å²) in [5.41, 5.74) is 8.26. The fraction of sp³-hybridized carbons (Fsp3) is 0.353. The van der Waals surface area contributed by atoms with Crippen LogP contribution in [-0.2, 0) is 7.05 Å². The van der Waals surface area contributed by atoms with Gasteiger partial charge in [0.25, 0.3) is 0 Å². The first kappa shape index (κ1) is 14.0. The lowest BCUT2D eigenvalue weighted by Gasteiger charge is -2.33. The first-order valence-corrected chi connectivity index (χ1v) is 7.97. The summed E-state index contributed by atoms with van der Waals surface area (Å²) in [6.07, 6.45) is 4.05. The summed E-state index contributed by atoms with van der Waals surface area (Å²) in [4.78, 5) is 11.4. The van der Waals surface area contributed by atoms with E-state index in [0.29, 0.717) is 17.7 Å². The Morgan fingerprint density at radius 2 is 2.00 bits per heavy atom. The molecule has 1 aromatic carbocycles. The zero-order chi connectivity index (χ0) is 15.8. The van der Waals surface area contributed by atoms with E-state index in [1.165, 1.54) is 12.0 Å². The van der Waals surface area contributed by atoms with Crippen LogP contribution in [0, 0.1) is 0 Å². The predicted molar refractivity (Wildman–Crippen MR) is 91.3 cm³/mol. The van der Waals surface area contributed by atoms with Gasteiger partial charge in [-0.05, 0) is 18.4 Å². The van der Waals surface area contributed by atoms with Crippen molar-refractivity contribution in [1.82, 2.24) is 19.7 Å². The molecule has 23 heavy (non-hydrogen) atoms. The monoisotopic (exact) mass is 308 g/mol. The van der Waals surface area contributed by atoms with Crippen LogP contribution in [0.4, 0.5) is 11.8 Å². The number of nitrogens with two attached hydrogens (primary N) is 1. The maximum Gasteiger partial charge on any atom is 0.229 e. The minimum absolute atomic E-state index is 0.500. The highest BCUT2D eigenvalue weighted by atomic mass is 15.3. The Hall–Kier alpha value is -2.63. The SMILES string of the molecule is Cn1ncc2c(N)nc(N3CCCC(c4ccccc4)C3)nc21. The van der Waals surface area contributed by atoms with E-state index in [4.69, 9.17) is 5.73 Å². The van der Waals surface area contributed by atoms with E-state index in [9.17, 15) is 0 Å². The molecule has 118 valence electrons. The molecule has 4 rings (SSSR count). The summed E-state index contributed by atoms with van der Waals surface area (Å²) >= 11 is 0. The van der Waals surface area contributed by atoms with Gasteiger partial charge in [-0.15, -0.1) is 0 Å². The Morgan fingerprint density at radius 1 is 1.17 bits per heavy atom. The maximum atomic E-state index is 6.09. The van der Waals surface area contributed by atoms with Gasteiger partial charge in [0.1, 0.15) is 5.82 Å². The number of nitrogen functional groups attached to an aromatic ring is 1. The van der Waals surface area contributed by atoms with Crippen LogP contribution in [0.1, 0.15) is 24.3 Å². The number of anilines is 2. The molecule has 0 radical (unpaired) electrons. The van der Waals surface area contributed by atoms with Crippen molar-refractivity contribution in [1.29, 1.82) is 0 Å². The molecule has 6 heteroatoms. The van der Waals surface area contributed by atoms with Crippen molar-refractivity contribution in [3.05, 3.63) is 42.1 Å². The van der Waals surface area contributed by atoms with E-state index in [2.05, 4.69) is 50.3 Å². The molecule has 1 aliphatic heterocycles. The minimum atomic E-state index is 0.500. The van der Waals surface area contributed by atoms with Gasteiger partial charge in [-0.3, -0.25) is 4.68 Å². The highest BCUT2D eigenvalue weighted by molar-refractivity contribution is 5.86. The van der Waals surface area contributed by atoms with E-state index in [0.717, 1.165) is 30.5 Å². The van der Waals surface area contributed by atoms with Crippen molar-refractivity contribution in [2.24, 2.45) is 7.05 Å². The van der Waals surface area contributed by atoms with E-state index < -0.39 is 0 Å². The number of hydrogen-bond donors (Lipinski definition) is 1. The van der Waals surface area contributed by atoms with Crippen LogP contribution in [0.3, 0.4) is 0 Å². The molecule has 0 amide bonds. The van der Waals surface area contributed by atoms with Crippen LogP contribution >= 0.6 is 0 Å². The zero-order valence-electron chi connectivity index (χ0n) is 13.2. The van der Waals surface area contributed by atoms with Crippen molar-refractivity contribution in [2.75, 3.05) is 23.7 Å². The fourth-order valence-corrected chi connectivity index (χ4v) is 3.33. The van der Waals surface area contributed by atoms with Gasteiger partial charge in [-0.25, -0.2) is 0 Å². The van der Waals surface area contributed by atoms with Crippen LogP contribution in [0.15, 0.2) is 36.5 Å². The molecule has 1 unspecified atom stereocenters. The summed E-state index contributed by atoms with van der Waals surface area (Å²) in [5.74, 6) is 1.72. The van der Waals surface area contributed by atoms with E-state index in [1.807, 2.05) is 7.05 Å². The Labute approximate surface area is 135 Å². The lowest BCUT2D eigenvalue weighted by atomic mass is 9.91. The number of rotatable bonds is 2. The first-order valence-electron chi connectivity index (χ1n) is 7.97. The second kappa shape index (κ2) is 5.53. The molecular formula is C17H20N6. The van der Waals surface area contributed by atoms with Crippen molar-refractivity contribution < 1.29 is 0 Å². The highest BCUT2D eigenvalue weighted by Crippen LogP contribution is 2.29. The molecule has 1 atom stereocenters. The third kappa shape index (κ3) is 2.50. The minimum Gasteiger partial charge on any atom is -0.383 e. The fourth-order valence-electron chi connectivity index (χ4n) is 3.33.